The fourth-order valence-electron chi connectivity index (χ4n) is 3.57. The van der Waals surface area contributed by atoms with Crippen LogP contribution in [0, 0.1) is 5.41 Å². The molecule has 0 aliphatic carbocycles. The molecule has 128 valence electrons. The predicted octanol–water partition coefficient (Wildman–Crippen LogP) is 1.02. The molecule has 5 heteroatoms. The van der Waals surface area contributed by atoms with Gasteiger partial charge < -0.3 is 14.9 Å². The van der Waals surface area contributed by atoms with Crippen molar-refractivity contribution in [2.75, 3.05) is 52.4 Å². The molecule has 0 spiro atoms. The van der Waals surface area contributed by atoms with Gasteiger partial charge in [-0.15, -0.1) is 0 Å². The molecule has 22 heavy (non-hydrogen) atoms. The summed E-state index contributed by atoms with van der Waals surface area (Å²) in [5, 5.41) is 10.9. The molecule has 5 nitrogen and oxygen atoms in total. The van der Waals surface area contributed by atoms with Crippen molar-refractivity contribution in [2.24, 2.45) is 5.41 Å². The molecule has 2 aliphatic heterocycles. The Morgan fingerprint density at radius 2 is 1.68 bits per heavy atom. The number of β-amino-alcohol motifs (C(OH)–C–C–N with tert-alkyl or cyclic N) is 1. The van der Waals surface area contributed by atoms with Crippen LogP contribution in [0.15, 0.2) is 0 Å². The van der Waals surface area contributed by atoms with Gasteiger partial charge in [0.1, 0.15) is 0 Å². The molecule has 1 amide bonds. The van der Waals surface area contributed by atoms with Gasteiger partial charge in [-0.3, -0.25) is 9.69 Å². The minimum absolute atomic E-state index is 0.0633. The smallest absolute Gasteiger partial charge is 0.255 e. The van der Waals surface area contributed by atoms with Crippen LogP contribution >= 0.6 is 0 Å². The van der Waals surface area contributed by atoms with Crippen molar-refractivity contribution in [3.05, 3.63) is 0 Å². The van der Waals surface area contributed by atoms with Gasteiger partial charge in [-0.2, -0.15) is 0 Å². The summed E-state index contributed by atoms with van der Waals surface area (Å²) >= 11 is 0. The number of piperazine rings is 1. The molecule has 2 rings (SSSR count). The topological polar surface area (TPSA) is 47.0 Å². The second-order valence-electron chi connectivity index (χ2n) is 8.13. The Morgan fingerprint density at radius 1 is 1.09 bits per heavy atom. The number of carbonyl (C=O) groups is 1. The zero-order valence-corrected chi connectivity index (χ0v) is 14.8. The Hall–Kier alpha value is -0.650. The number of carbonyl (C=O) groups excluding carboxylic acids is 1. The standard InChI is InChI=1S/C17H33N3O2/c1-5-18-9-11-19(12-10-18)14-17(22)7-6-8-20(15(17)21)13-16(2,3)4/h22H,5-14H2,1-4H3. The van der Waals surface area contributed by atoms with Gasteiger partial charge in [0.2, 0.25) is 0 Å². The SMILES string of the molecule is CCN1CCN(CC2(O)CCCN(CC(C)(C)C)C2=O)CC1. The third kappa shape index (κ3) is 4.43. The number of likely N-dealkylation sites (N-methyl/N-ethyl adjacent to an activating group) is 1. The highest BCUT2D eigenvalue weighted by Crippen LogP contribution is 2.27. The summed E-state index contributed by atoms with van der Waals surface area (Å²) in [6.07, 6.45) is 1.49. The van der Waals surface area contributed by atoms with Crippen LogP contribution < -0.4 is 0 Å². The number of rotatable bonds is 4. The lowest BCUT2D eigenvalue weighted by Crippen LogP contribution is -2.61. The Bertz CT molecular complexity index is 386. The molecule has 2 saturated heterocycles. The predicted molar refractivity (Wildman–Crippen MR) is 88.8 cm³/mol. The zero-order chi connectivity index (χ0) is 16.4. The Balaban J connectivity index is 1.95. The quantitative estimate of drug-likeness (QED) is 0.842. The van der Waals surface area contributed by atoms with Crippen LogP contribution in [-0.2, 0) is 4.79 Å². The summed E-state index contributed by atoms with van der Waals surface area (Å²) in [7, 11) is 0. The van der Waals surface area contributed by atoms with Crippen molar-refractivity contribution in [1.29, 1.82) is 0 Å². The molecular formula is C17H33N3O2. The lowest BCUT2D eigenvalue weighted by atomic mass is 9.88. The molecule has 1 unspecified atom stereocenters. The first-order valence-electron chi connectivity index (χ1n) is 8.70. The van der Waals surface area contributed by atoms with E-state index in [-0.39, 0.29) is 11.3 Å². The Morgan fingerprint density at radius 3 is 2.23 bits per heavy atom. The third-order valence-electron chi connectivity index (χ3n) is 4.77. The molecule has 0 radical (unpaired) electrons. The summed E-state index contributed by atoms with van der Waals surface area (Å²) in [6, 6.07) is 0. The molecule has 0 aromatic heterocycles. The number of hydrogen-bond acceptors (Lipinski definition) is 4. The highest BCUT2D eigenvalue weighted by atomic mass is 16.3. The molecule has 2 aliphatic rings. The fraction of sp³-hybridized carbons (Fsp3) is 0.941. The summed E-state index contributed by atoms with van der Waals surface area (Å²) in [4.78, 5) is 19.3. The summed E-state index contributed by atoms with van der Waals surface area (Å²) in [5.74, 6) is -0.0633. The van der Waals surface area contributed by atoms with Crippen molar-refractivity contribution >= 4 is 5.91 Å². The number of hydrogen-bond donors (Lipinski definition) is 1. The normalized spacial score (nSPS) is 29.1. The van der Waals surface area contributed by atoms with Gasteiger partial charge in [-0.1, -0.05) is 27.7 Å². The maximum Gasteiger partial charge on any atom is 0.255 e. The maximum atomic E-state index is 12.8. The average Bonchev–Trinajstić information content (AvgIpc) is 2.44. The maximum absolute atomic E-state index is 12.8. The molecule has 1 atom stereocenters. The van der Waals surface area contributed by atoms with E-state index in [2.05, 4.69) is 37.5 Å². The highest BCUT2D eigenvalue weighted by molar-refractivity contribution is 5.86. The fourth-order valence-corrected chi connectivity index (χ4v) is 3.57. The van der Waals surface area contributed by atoms with E-state index in [0.29, 0.717) is 13.0 Å². The van der Waals surface area contributed by atoms with Gasteiger partial charge in [0.15, 0.2) is 5.60 Å². The van der Waals surface area contributed by atoms with Gasteiger partial charge in [0.25, 0.3) is 5.91 Å². The first kappa shape index (κ1) is 17.7. The van der Waals surface area contributed by atoms with Crippen molar-refractivity contribution in [2.45, 2.75) is 46.1 Å². The molecule has 0 aromatic rings. The summed E-state index contributed by atoms with van der Waals surface area (Å²) in [5.41, 5.74) is -1.11. The molecule has 0 bridgehead atoms. The van der Waals surface area contributed by atoms with Crippen LogP contribution in [0.5, 0.6) is 0 Å². The van der Waals surface area contributed by atoms with Gasteiger partial charge in [-0.25, -0.2) is 0 Å². The van der Waals surface area contributed by atoms with E-state index in [9.17, 15) is 9.90 Å². The van der Waals surface area contributed by atoms with Crippen LogP contribution in [0.2, 0.25) is 0 Å². The van der Waals surface area contributed by atoms with Crippen molar-refractivity contribution in [1.82, 2.24) is 14.7 Å². The number of likely N-dealkylation sites (tertiary alicyclic amines) is 1. The van der Waals surface area contributed by atoms with Crippen molar-refractivity contribution in [3.63, 3.8) is 0 Å². The van der Waals surface area contributed by atoms with E-state index in [1.54, 1.807) is 0 Å². The zero-order valence-electron chi connectivity index (χ0n) is 14.8. The summed E-state index contributed by atoms with van der Waals surface area (Å²) < 4.78 is 0. The van der Waals surface area contributed by atoms with Gasteiger partial charge in [0, 0.05) is 45.8 Å². The lowest BCUT2D eigenvalue weighted by Gasteiger charge is -2.44. The minimum atomic E-state index is -1.18. The molecule has 2 heterocycles. The molecule has 2 fully saturated rings. The summed E-state index contributed by atoms with van der Waals surface area (Å²) in [6.45, 7) is 15.6. The van der Waals surface area contributed by atoms with Crippen LogP contribution in [0.25, 0.3) is 0 Å². The molecule has 0 aromatic carbocycles. The first-order chi connectivity index (χ1) is 10.2. The largest absolute Gasteiger partial charge is 0.379 e. The Labute approximate surface area is 135 Å². The second-order valence-corrected chi connectivity index (χ2v) is 8.13. The van der Waals surface area contributed by atoms with Crippen molar-refractivity contribution in [3.8, 4) is 0 Å². The number of amides is 1. The van der Waals surface area contributed by atoms with Gasteiger partial charge in [0.05, 0.1) is 0 Å². The third-order valence-corrected chi connectivity index (χ3v) is 4.77. The van der Waals surface area contributed by atoms with Crippen molar-refractivity contribution < 1.29 is 9.90 Å². The van der Waals surface area contributed by atoms with Crippen LogP contribution in [0.1, 0.15) is 40.5 Å². The monoisotopic (exact) mass is 311 g/mol. The molecule has 0 saturated carbocycles. The van der Waals surface area contributed by atoms with E-state index in [4.69, 9.17) is 0 Å². The van der Waals surface area contributed by atoms with Gasteiger partial charge in [-0.05, 0) is 24.8 Å². The Kier molecular flexibility index (Phi) is 5.51. The first-order valence-corrected chi connectivity index (χ1v) is 8.70. The highest BCUT2D eigenvalue weighted by Gasteiger charge is 2.44. The number of aliphatic hydroxyl groups is 1. The minimum Gasteiger partial charge on any atom is -0.379 e. The number of piperidine rings is 1. The molecular weight excluding hydrogens is 278 g/mol. The van der Waals surface area contributed by atoms with Gasteiger partial charge >= 0.3 is 0 Å². The van der Waals surface area contributed by atoms with Crippen LogP contribution in [0.4, 0.5) is 0 Å². The van der Waals surface area contributed by atoms with E-state index >= 15 is 0 Å². The van der Waals surface area contributed by atoms with E-state index in [1.807, 2.05) is 4.90 Å². The second kappa shape index (κ2) is 6.85. The van der Waals surface area contributed by atoms with Crippen LogP contribution in [-0.4, -0.2) is 83.7 Å². The van der Waals surface area contributed by atoms with Crippen LogP contribution in [0.3, 0.4) is 0 Å². The van der Waals surface area contributed by atoms with E-state index in [1.165, 1.54) is 0 Å². The van der Waals surface area contributed by atoms with E-state index < -0.39 is 5.60 Å². The molecule has 1 N–H and O–H groups in total. The van der Waals surface area contributed by atoms with E-state index in [0.717, 1.165) is 52.2 Å². The lowest BCUT2D eigenvalue weighted by molar-refractivity contribution is -0.161. The number of nitrogens with zero attached hydrogens (tertiary/aromatic N) is 3. The average molecular weight is 311 g/mol.